The van der Waals surface area contributed by atoms with Gasteiger partial charge in [-0.05, 0) is 183 Å². The molecule has 2 aromatic rings. The number of carbonyl (C=O) groups excluding carboxylic acids is 2. The fraction of sp³-hybridized carbons (Fsp3) is 0.686. The lowest BCUT2D eigenvalue weighted by molar-refractivity contribution is -0.121. The molecule has 8 heteroatoms. The van der Waals surface area contributed by atoms with Gasteiger partial charge in [0.05, 0.1) is 23.3 Å². The number of ether oxygens (including phenoxy) is 2. The number of halogens is 2. The zero-order valence-corrected chi connectivity index (χ0v) is 38.5. The van der Waals surface area contributed by atoms with Crippen molar-refractivity contribution >= 4 is 40.7 Å². The third-order valence-electron chi connectivity index (χ3n) is 16.0. The Morgan fingerprint density at radius 3 is 1.93 bits per heavy atom. The van der Waals surface area contributed by atoms with Gasteiger partial charge in [-0.15, -0.1) is 0 Å². The average Bonchev–Trinajstić information content (AvgIpc) is 3.57. The van der Waals surface area contributed by atoms with Crippen molar-refractivity contribution in [3.05, 3.63) is 62.6 Å². The van der Waals surface area contributed by atoms with Crippen LogP contribution >= 0.6 is 23.2 Å². The van der Waals surface area contributed by atoms with E-state index in [0.29, 0.717) is 46.3 Å². The molecule has 2 N–H and O–H groups in total. The first kappa shape index (κ1) is 45.8. The van der Waals surface area contributed by atoms with Crippen molar-refractivity contribution in [1.29, 1.82) is 0 Å². The lowest BCUT2D eigenvalue weighted by atomic mass is 9.44. The van der Waals surface area contributed by atoms with Crippen LogP contribution in [0.25, 0.3) is 5.57 Å². The van der Waals surface area contributed by atoms with Crippen molar-refractivity contribution in [1.82, 2.24) is 0 Å². The molecule has 59 heavy (non-hydrogen) atoms. The summed E-state index contributed by atoms with van der Waals surface area (Å²) in [5.41, 5.74) is 2.70. The van der Waals surface area contributed by atoms with Gasteiger partial charge < -0.3 is 19.7 Å². The Balaban J connectivity index is 1.20. The first-order valence-electron chi connectivity index (χ1n) is 23.2. The van der Waals surface area contributed by atoms with E-state index in [1.807, 2.05) is 13.8 Å². The van der Waals surface area contributed by atoms with Crippen molar-refractivity contribution < 1.29 is 29.3 Å². The van der Waals surface area contributed by atoms with Gasteiger partial charge in [0.25, 0.3) is 0 Å². The predicted octanol–water partition coefficient (Wildman–Crippen LogP) is 14.5. The summed E-state index contributed by atoms with van der Waals surface area (Å²) in [5.74, 6) is 4.48. The number of rotatable bonds is 16. The van der Waals surface area contributed by atoms with Gasteiger partial charge in [0.2, 0.25) is 0 Å². The topological polar surface area (TPSA) is 93.1 Å². The summed E-state index contributed by atoms with van der Waals surface area (Å²) in [4.78, 5) is 26.1. The van der Waals surface area contributed by atoms with Gasteiger partial charge in [-0.3, -0.25) is 0 Å². The van der Waals surface area contributed by atoms with E-state index >= 15 is 0 Å². The number of allylic oxidation sites excluding steroid dienone is 1. The summed E-state index contributed by atoms with van der Waals surface area (Å²) < 4.78 is 10.8. The van der Waals surface area contributed by atoms with E-state index in [-0.39, 0.29) is 45.9 Å². The molecule has 9 atom stereocenters. The third kappa shape index (κ3) is 9.69. The zero-order valence-electron chi connectivity index (χ0n) is 37.0. The second-order valence-electron chi connectivity index (χ2n) is 20.0. The molecule has 4 aliphatic rings. The van der Waals surface area contributed by atoms with Crippen LogP contribution in [-0.4, -0.2) is 35.4 Å². The molecular weight excluding hydrogens is 779 g/mol. The Labute approximate surface area is 365 Å². The molecule has 0 amide bonds. The van der Waals surface area contributed by atoms with Crippen LogP contribution in [0, 0.1) is 58.2 Å². The highest BCUT2D eigenvalue weighted by Gasteiger charge is 2.60. The van der Waals surface area contributed by atoms with Crippen molar-refractivity contribution in [2.45, 2.75) is 151 Å². The maximum Gasteiger partial charge on any atom is 0.341 e. The predicted molar refractivity (Wildman–Crippen MR) is 240 cm³/mol. The van der Waals surface area contributed by atoms with Crippen LogP contribution in [-0.2, 0) is 9.47 Å². The Morgan fingerprint density at radius 1 is 0.780 bits per heavy atom. The zero-order chi connectivity index (χ0) is 42.6. The van der Waals surface area contributed by atoms with Crippen LogP contribution in [0.15, 0.2) is 30.3 Å². The minimum Gasteiger partial charge on any atom is -0.505 e. The maximum atomic E-state index is 13.1. The number of hydrogen-bond acceptors (Lipinski definition) is 6. The number of phenols is 2. The third-order valence-corrected chi connectivity index (χ3v) is 16.5. The van der Waals surface area contributed by atoms with Gasteiger partial charge in [0.15, 0.2) is 0 Å². The van der Waals surface area contributed by atoms with Crippen molar-refractivity contribution in [3.8, 4) is 11.5 Å². The second-order valence-corrected chi connectivity index (χ2v) is 20.8. The minimum atomic E-state index is -0.665. The van der Waals surface area contributed by atoms with Crippen molar-refractivity contribution in [3.63, 3.8) is 0 Å². The van der Waals surface area contributed by atoms with Gasteiger partial charge in [0, 0.05) is 0 Å². The molecule has 0 bridgehead atoms. The number of phenolic OH excluding ortho intramolecular Hbond substituents is 2. The molecule has 0 aromatic heterocycles. The van der Waals surface area contributed by atoms with Crippen LogP contribution < -0.4 is 0 Å². The van der Waals surface area contributed by atoms with Crippen LogP contribution in [0.5, 0.6) is 11.5 Å². The second kappa shape index (κ2) is 19.6. The maximum absolute atomic E-state index is 13.1. The molecule has 6 rings (SSSR count). The molecule has 326 valence electrons. The van der Waals surface area contributed by atoms with Gasteiger partial charge in [-0.25, -0.2) is 9.59 Å². The highest BCUT2D eigenvalue weighted by Crippen LogP contribution is 2.69. The molecule has 9 unspecified atom stereocenters. The first-order valence-corrected chi connectivity index (χ1v) is 24.0. The Hall–Kier alpha value is -2.70. The monoisotopic (exact) mass is 850 g/mol. The van der Waals surface area contributed by atoms with E-state index in [1.165, 1.54) is 77.0 Å². The summed E-state index contributed by atoms with van der Waals surface area (Å²) >= 11 is 13.1. The van der Waals surface area contributed by atoms with Crippen LogP contribution in [0.4, 0.5) is 0 Å². The van der Waals surface area contributed by atoms with Gasteiger partial charge >= 0.3 is 11.9 Å². The number of benzene rings is 2. The molecule has 0 saturated heterocycles. The van der Waals surface area contributed by atoms with E-state index in [4.69, 9.17) is 32.7 Å². The van der Waals surface area contributed by atoms with Crippen LogP contribution in [0.3, 0.4) is 0 Å². The average molecular weight is 852 g/mol. The Kier molecular flexibility index (Phi) is 15.2. The first-order chi connectivity index (χ1) is 28.1. The SMILES string of the molecule is CCCOC(=O)c1cc(C(=CCCC2CCC3(C)C(CCC4C3CCC3(C)C(C(C)CCCC(C)C)CCC43)C2)c2cc(Cl)c(O)c(C(=O)OCCC)c2)cc(Cl)c1O. The Morgan fingerprint density at radius 2 is 1.36 bits per heavy atom. The van der Waals surface area contributed by atoms with Gasteiger partial charge in [0.1, 0.15) is 22.6 Å². The summed E-state index contributed by atoms with van der Waals surface area (Å²) in [7, 11) is 0. The standard InChI is InChI=1S/C51H72Cl2O6/c1-8-24-58-48(56)39-27-34(29-44(52)46(39)54)37(35-28-40(47(55)45(53)30-35)49(57)59-25-9-2)15-11-14-33-20-22-50(6)36(26-33)16-17-38-42-19-18-41(32(5)13-10-12-31(3)4)51(42,7)23-21-43(38)50/h15,27-33,36,38,41-43,54-55H,8-14,16-26H2,1-7H3. The fourth-order valence-electron chi connectivity index (χ4n) is 12.9. The fourth-order valence-corrected chi connectivity index (χ4v) is 13.3. The number of aromatic hydroxyl groups is 2. The van der Waals surface area contributed by atoms with Crippen molar-refractivity contribution in [2.24, 2.45) is 58.2 Å². The molecule has 0 heterocycles. The highest BCUT2D eigenvalue weighted by molar-refractivity contribution is 6.33. The minimum absolute atomic E-state index is 0.0128. The Bertz CT molecular complexity index is 1760. The summed E-state index contributed by atoms with van der Waals surface area (Å²) in [6, 6.07) is 6.41. The molecule has 4 saturated carbocycles. The summed E-state index contributed by atoms with van der Waals surface area (Å²) in [6.07, 6.45) is 21.5. The van der Waals surface area contributed by atoms with E-state index in [9.17, 15) is 19.8 Å². The molecule has 6 nitrogen and oxygen atoms in total. The van der Waals surface area contributed by atoms with Gasteiger partial charge in [-0.1, -0.05) is 97.0 Å². The largest absolute Gasteiger partial charge is 0.505 e. The normalized spacial score (nSPS) is 29.3. The van der Waals surface area contributed by atoms with E-state index in [1.54, 1.807) is 24.3 Å². The van der Waals surface area contributed by atoms with E-state index in [0.717, 1.165) is 54.3 Å². The van der Waals surface area contributed by atoms with Crippen molar-refractivity contribution in [2.75, 3.05) is 13.2 Å². The lowest BCUT2D eigenvalue weighted by Gasteiger charge is -2.61. The summed E-state index contributed by atoms with van der Waals surface area (Å²) in [5, 5.41) is 21.7. The molecule has 2 aromatic carbocycles. The number of hydrogen-bond donors (Lipinski definition) is 2. The summed E-state index contributed by atoms with van der Waals surface area (Å²) in [6.45, 7) is 16.9. The van der Waals surface area contributed by atoms with Gasteiger partial charge in [-0.2, -0.15) is 0 Å². The molecule has 0 spiro atoms. The molecule has 4 aliphatic carbocycles. The van der Waals surface area contributed by atoms with E-state index in [2.05, 4.69) is 40.7 Å². The molecule has 0 aliphatic heterocycles. The molecular formula is C51H72Cl2O6. The molecule has 4 fully saturated rings. The van der Waals surface area contributed by atoms with Crippen LogP contribution in [0.2, 0.25) is 10.0 Å². The highest BCUT2D eigenvalue weighted by atomic mass is 35.5. The number of esters is 2. The van der Waals surface area contributed by atoms with Crippen LogP contribution in [0.1, 0.15) is 183 Å². The van der Waals surface area contributed by atoms with E-state index < -0.39 is 11.9 Å². The molecule has 0 radical (unpaired) electrons. The lowest BCUT2D eigenvalue weighted by Crippen LogP contribution is -2.53. The quantitative estimate of drug-likeness (QED) is 0.163. The number of fused-ring (bicyclic) bond motifs is 5. The number of carbonyl (C=O) groups is 2. The smallest absolute Gasteiger partial charge is 0.341 e.